The van der Waals surface area contributed by atoms with Crippen LogP contribution in [0.4, 0.5) is 0 Å². The van der Waals surface area contributed by atoms with Gasteiger partial charge in [-0.1, -0.05) is 0 Å². The van der Waals surface area contributed by atoms with E-state index >= 15 is 0 Å². The molecule has 1 atom stereocenters. The van der Waals surface area contributed by atoms with Gasteiger partial charge in [0.25, 0.3) is 5.91 Å². The molecule has 4 nitrogen and oxygen atoms in total. The van der Waals surface area contributed by atoms with Crippen LogP contribution in [0.25, 0.3) is 0 Å². The number of likely N-dealkylation sites (tertiary alicyclic amines) is 1. The molecule has 1 saturated heterocycles. The van der Waals surface area contributed by atoms with E-state index in [4.69, 9.17) is 5.11 Å². The molecule has 1 fully saturated rings. The van der Waals surface area contributed by atoms with E-state index in [1.807, 2.05) is 0 Å². The van der Waals surface area contributed by atoms with Gasteiger partial charge in [0, 0.05) is 11.0 Å². The van der Waals surface area contributed by atoms with E-state index in [-0.39, 0.29) is 5.91 Å². The topological polar surface area (TPSA) is 57.6 Å². The van der Waals surface area contributed by atoms with Crippen LogP contribution in [0.5, 0.6) is 0 Å². The van der Waals surface area contributed by atoms with E-state index in [0.717, 1.165) is 21.1 Å². The lowest BCUT2D eigenvalue weighted by Gasteiger charge is -2.32. The van der Waals surface area contributed by atoms with E-state index < -0.39 is 12.0 Å². The van der Waals surface area contributed by atoms with Gasteiger partial charge in [-0.2, -0.15) is 0 Å². The molecule has 0 radical (unpaired) electrons. The van der Waals surface area contributed by atoms with Crippen LogP contribution in [-0.4, -0.2) is 34.5 Å². The average Bonchev–Trinajstić information content (AvgIpc) is 2.68. The number of carbonyl (C=O) groups is 2. The smallest absolute Gasteiger partial charge is 0.326 e. The summed E-state index contributed by atoms with van der Waals surface area (Å²) in [4.78, 5) is 25.5. The average molecular weight is 397 g/mol. The summed E-state index contributed by atoms with van der Waals surface area (Å²) < 4.78 is 1.66. The summed E-state index contributed by atoms with van der Waals surface area (Å²) in [7, 11) is 0. The predicted molar refractivity (Wildman–Crippen MR) is 76.0 cm³/mol. The molecule has 0 saturated carbocycles. The predicted octanol–water partition coefficient (Wildman–Crippen LogP) is 3.35. The Bertz CT molecular complexity index is 469. The van der Waals surface area contributed by atoms with Crippen LogP contribution in [0.1, 0.15) is 28.9 Å². The molecule has 1 aromatic rings. The van der Waals surface area contributed by atoms with E-state index in [1.165, 1.54) is 16.2 Å². The minimum Gasteiger partial charge on any atom is -0.480 e. The Balaban J connectivity index is 2.23. The Hall–Kier alpha value is -0.400. The summed E-state index contributed by atoms with van der Waals surface area (Å²) in [5.74, 6) is -1.11. The normalized spacial score (nSPS) is 19.9. The number of halogens is 2. The molecule has 18 heavy (non-hydrogen) atoms. The number of hydrogen-bond acceptors (Lipinski definition) is 3. The number of amides is 1. The number of nitrogens with zero attached hydrogens (tertiary/aromatic N) is 1. The molecule has 1 aliphatic rings. The number of hydrogen-bond donors (Lipinski definition) is 1. The highest BCUT2D eigenvalue weighted by Gasteiger charge is 2.33. The maximum absolute atomic E-state index is 12.3. The maximum atomic E-state index is 12.3. The van der Waals surface area contributed by atoms with Crippen LogP contribution in [0.3, 0.4) is 0 Å². The van der Waals surface area contributed by atoms with Crippen molar-refractivity contribution in [2.45, 2.75) is 25.3 Å². The number of carboxylic acids is 1. The van der Waals surface area contributed by atoms with Gasteiger partial charge in [-0.25, -0.2) is 4.79 Å². The van der Waals surface area contributed by atoms with Crippen LogP contribution in [0.2, 0.25) is 0 Å². The lowest BCUT2D eigenvalue weighted by molar-refractivity contribution is -0.143. The van der Waals surface area contributed by atoms with Crippen molar-refractivity contribution in [2.75, 3.05) is 6.54 Å². The van der Waals surface area contributed by atoms with Crippen LogP contribution in [0, 0.1) is 0 Å². The Kier molecular flexibility index (Phi) is 4.45. The van der Waals surface area contributed by atoms with E-state index in [2.05, 4.69) is 31.9 Å². The number of piperidine rings is 1. The third kappa shape index (κ3) is 2.78. The van der Waals surface area contributed by atoms with Gasteiger partial charge in [0.05, 0.1) is 8.66 Å². The van der Waals surface area contributed by atoms with Gasteiger partial charge in [0.15, 0.2) is 0 Å². The largest absolute Gasteiger partial charge is 0.480 e. The van der Waals surface area contributed by atoms with E-state index in [9.17, 15) is 9.59 Å². The summed E-state index contributed by atoms with van der Waals surface area (Å²) in [5.41, 5.74) is 0. The fourth-order valence-corrected chi connectivity index (χ4v) is 4.02. The molecule has 1 aliphatic heterocycles. The Labute approximate surface area is 125 Å². The number of rotatable bonds is 2. The zero-order valence-corrected chi connectivity index (χ0v) is 13.3. The van der Waals surface area contributed by atoms with E-state index in [0.29, 0.717) is 17.8 Å². The first-order chi connectivity index (χ1) is 8.50. The first-order valence-corrected chi connectivity index (χ1v) is 7.89. The third-order valence-electron chi connectivity index (χ3n) is 2.90. The quantitative estimate of drug-likeness (QED) is 0.833. The lowest BCUT2D eigenvalue weighted by atomic mass is 10.0. The SMILES string of the molecule is O=C(O)C1CCCCN1C(=O)c1cc(Br)c(Br)s1. The Morgan fingerprint density at radius 3 is 2.67 bits per heavy atom. The lowest BCUT2D eigenvalue weighted by Crippen LogP contribution is -2.47. The summed E-state index contributed by atoms with van der Waals surface area (Å²) in [6, 6.07) is 1.04. The summed E-state index contributed by atoms with van der Waals surface area (Å²) in [5, 5.41) is 9.16. The van der Waals surface area contributed by atoms with Crippen molar-refractivity contribution in [2.24, 2.45) is 0 Å². The van der Waals surface area contributed by atoms with Crippen LogP contribution >= 0.6 is 43.2 Å². The van der Waals surface area contributed by atoms with Crippen molar-refractivity contribution >= 4 is 55.1 Å². The molecule has 1 unspecified atom stereocenters. The second-order valence-electron chi connectivity index (χ2n) is 4.08. The Morgan fingerprint density at radius 1 is 1.39 bits per heavy atom. The molecular weight excluding hydrogens is 386 g/mol. The molecule has 1 aromatic heterocycles. The van der Waals surface area contributed by atoms with Crippen molar-refractivity contribution in [1.82, 2.24) is 4.90 Å². The highest BCUT2D eigenvalue weighted by molar-refractivity contribution is 9.13. The zero-order valence-electron chi connectivity index (χ0n) is 9.36. The van der Waals surface area contributed by atoms with Gasteiger partial charge in [-0.05, 0) is 57.2 Å². The monoisotopic (exact) mass is 395 g/mol. The minimum atomic E-state index is -0.919. The number of carbonyl (C=O) groups excluding carboxylic acids is 1. The Morgan fingerprint density at radius 2 is 2.11 bits per heavy atom. The first-order valence-electron chi connectivity index (χ1n) is 5.49. The van der Waals surface area contributed by atoms with Gasteiger partial charge in [-0.15, -0.1) is 11.3 Å². The highest BCUT2D eigenvalue weighted by atomic mass is 79.9. The van der Waals surface area contributed by atoms with Crippen molar-refractivity contribution in [1.29, 1.82) is 0 Å². The van der Waals surface area contributed by atoms with Gasteiger partial charge in [0.1, 0.15) is 6.04 Å². The van der Waals surface area contributed by atoms with Gasteiger partial charge in [-0.3, -0.25) is 4.79 Å². The minimum absolute atomic E-state index is 0.196. The fourth-order valence-electron chi connectivity index (χ4n) is 2.02. The molecule has 0 aromatic carbocycles. The maximum Gasteiger partial charge on any atom is 0.326 e. The number of thiophene rings is 1. The van der Waals surface area contributed by atoms with Gasteiger partial charge < -0.3 is 10.0 Å². The summed E-state index contributed by atoms with van der Waals surface area (Å²) >= 11 is 7.98. The molecule has 0 spiro atoms. The summed E-state index contributed by atoms with van der Waals surface area (Å²) in [6.07, 6.45) is 2.26. The molecule has 2 heterocycles. The van der Waals surface area contributed by atoms with Crippen molar-refractivity contribution in [3.63, 3.8) is 0 Å². The molecule has 7 heteroatoms. The third-order valence-corrected chi connectivity index (χ3v) is 6.15. The molecule has 1 amide bonds. The van der Waals surface area contributed by atoms with Gasteiger partial charge in [0.2, 0.25) is 0 Å². The van der Waals surface area contributed by atoms with Crippen molar-refractivity contribution < 1.29 is 14.7 Å². The number of carboxylic acid groups (broad SMARTS) is 1. The van der Waals surface area contributed by atoms with Crippen LogP contribution < -0.4 is 0 Å². The molecular formula is C11H11Br2NO3S. The molecule has 0 bridgehead atoms. The molecule has 0 aliphatic carbocycles. The van der Waals surface area contributed by atoms with Gasteiger partial charge >= 0.3 is 5.97 Å². The van der Waals surface area contributed by atoms with E-state index in [1.54, 1.807) is 6.07 Å². The molecule has 98 valence electrons. The molecule has 2 rings (SSSR count). The first kappa shape index (κ1) is 14.0. The summed E-state index contributed by atoms with van der Waals surface area (Å²) in [6.45, 7) is 0.517. The standard InChI is InChI=1S/C11H11Br2NO3S/c12-6-5-8(18-9(6)13)10(15)14-4-2-1-3-7(14)11(16)17/h5,7H,1-4H2,(H,16,17). The second kappa shape index (κ2) is 5.71. The van der Waals surface area contributed by atoms with Crippen LogP contribution in [-0.2, 0) is 4.79 Å². The number of aliphatic carboxylic acids is 1. The molecule has 1 N–H and O–H groups in total. The second-order valence-corrected chi connectivity index (χ2v) is 7.31. The van der Waals surface area contributed by atoms with Crippen molar-refractivity contribution in [3.05, 3.63) is 19.2 Å². The van der Waals surface area contributed by atoms with Crippen molar-refractivity contribution in [3.8, 4) is 0 Å². The highest BCUT2D eigenvalue weighted by Crippen LogP contribution is 2.34. The zero-order chi connectivity index (χ0) is 13.3. The fraction of sp³-hybridized carbons (Fsp3) is 0.455. The van der Waals surface area contributed by atoms with Crippen LogP contribution in [0.15, 0.2) is 14.3 Å².